The number of thiophene rings is 1. The van der Waals surface area contributed by atoms with Crippen LogP contribution in [0.3, 0.4) is 0 Å². The SMILES string of the molecule is N#CC(c1cc[nH]c1)c1cc(Br)cs1. The summed E-state index contributed by atoms with van der Waals surface area (Å²) in [5, 5.41) is 11.1. The summed E-state index contributed by atoms with van der Waals surface area (Å²) in [6, 6.07) is 6.23. The van der Waals surface area contributed by atoms with Gasteiger partial charge in [-0.3, -0.25) is 0 Å². The molecule has 0 aliphatic rings. The van der Waals surface area contributed by atoms with Crippen LogP contribution >= 0.6 is 27.3 Å². The molecule has 2 aromatic heterocycles. The summed E-state index contributed by atoms with van der Waals surface area (Å²) in [7, 11) is 0. The monoisotopic (exact) mass is 266 g/mol. The molecule has 0 amide bonds. The van der Waals surface area contributed by atoms with Gasteiger partial charge < -0.3 is 4.98 Å². The number of halogens is 1. The Labute approximate surface area is 94.3 Å². The Kier molecular flexibility index (Phi) is 2.71. The molecule has 1 unspecified atom stereocenters. The predicted molar refractivity (Wildman–Crippen MR) is 60.3 cm³/mol. The molecule has 70 valence electrons. The number of nitrogens with zero attached hydrogens (tertiary/aromatic N) is 1. The minimum Gasteiger partial charge on any atom is -0.367 e. The van der Waals surface area contributed by atoms with Crippen molar-refractivity contribution in [2.45, 2.75) is 5.92 Å². The Morgan fingerprint density at radius 3 is 2.93 bits per heavy atom. The van der Waals surface area contributed by atoms with Gasteiger partial charge in [0.05, 0.1) is 6.07 Å². The van der Waals surface area contributed by atoms with Gasteiger partial charge in [0, 0.05) is 27.1 Å². The molecule has 14 heavy (non-hydrogen) atoms. The minimum absolute atomic E-state index is 0.155. The summed E-state index contributed by atoms with van der Waals surface area (Å²) in [6.07, 6.45) is 3.70. The fourth-order valence-corrected chi connectivity index (χ4v) is 2.81. The molecule has 0 saturated carbocycles. The average Bonchev–Trinajstić information content (AvgIpc) is 2.79. The number of aromatic nitrogens is 1. The lowest BCUT2D eigenvalue weighted by atomic mass is 10.0. The standard InChI is InChI=1S/C10H7BrN2S/c11-8-3-10(14-6-8)9(4-12)7-1-2-13-5-7/h1-3,5-6,9,13H. The largest absolute Gasteiger partial charge is 0.367 e. The highest BCUT2D eigenvalue weighted by Gasteiger charge is 2.15. The molecule has 0 aliphatic carbocycles. The van der Waals surface area contributed by atoms with Crippen molar-refractivity contribution in [2.75, 3.05) is 0 Å². The van der Waals surface area contributed by atoms with E-state index in [-0.39, 0.29) is 5.92 Å². The number of nitriles is 1. The van der Waals surface area contributed by atoms with Crippen LogP contribution in [0.15, 0.2) is 34.4 Å². The summed E-state index contributed by atoms with van der Waals surface area (Å²) in [5.74, 6) is -0.155. The summed E-state index contributed by atoms with van der Waals surface area (Å²) < 4.78 is 1.04. The van der Waals surface area contributed by atoms with Crippen molar-refractivity contribution in [2.24, 2.45) is 0 Å². The maximum absolute atomic E-state index is 9.09. The fourth-order valence-electron chi connectivity index (χ4n) is 1.30. The van der Waals surface area contributed by atoms with Crippen LogP contribution in [0.4, 0.5) is 0 Å². The molecule has 0 spiro atoms. The van der Waals surface area contributed by atoms with Gasteiger partial charge in [0.25, 0.3) is 0 Å². The van der Waals surface area contributed by atoms with Gasteiger partial charge in [0.15, 0.2) is 0 Å². The second-order valence-corrected chi connectivity index (χ2v) is 4.73. The fraction of sp³-hybridized carbons (Fsp3) is 0.100. The average molecular weight is 267 g/mol. The molecule has 1 atom stereocenters. The van der Waals surface area contributed by atoms with Crippen molar-refractivity contribution in [3.63, 3.8) is 0 Å². The van der Waals surface area contributed by atoms with Gasteiger partial charge in [-0.15, -0.1) is 11.3 Å². The zero-order valence-electron chi connectivity index (χ0n) is 7.20. The Hall–Kier alpha value is -1.05. The first-order chi connectivity index (χ1) is 6.81. The number of hydrogen-bond acceptors (Lipinski definition) is 2. The molecule has 0 saturated heterocycles. The molecule has 0 bridgehead atoms. The third-order valence-electron chi connectivity index (χ3n) is 1.96. The summed E-state index contributed by atoms with van der Waals surface area (Å²) in [4.78, 5) is 4.03. The first-order valence-corrected chi connectivity index (χ1v) is 5.75. The quantitative estimate of drug-likeness (QED) is 0.888. The highest BCUT2D eigenvalue weighted by Crippen LogP contribution is 2.30. The van der Waals surface area contributed by atoms with Crippen molar-refractivity contribution in [3.05, 3.63) is 44.8 Å². The van der Waals surface area contributed by atoms with Crippen LogP contribution in [0.25, 0.3) is 0 Å². The van der Waals surface area contributed by atoms with Crippen molar-refractivity contribution < 1.29 is 0 Å². The van der Waals surface area contributed by atoms with E-state index in [9.17, 15) is 0 Å². The van der Waals surface area contributed by atoms with Crippen LogP contribution in [0, 0.1) is 11.3 Å². The van der Waals surface area contributed by atoms with Crippen molar-refractivity contribution in [1.29, 1.82) is 5.26 Å². The van der Waals surface area contributed by atoms with E-state index < -0.39 is 0 Å². The smallest absolute Gasteiger partial charge is 0.107 e. The highest BCUT2D eigenvalue weighted by molar-refractivity contribution is 9.10. The molecule has 1 N–H and O–H groups in total. The minimum atomic E-state index is -0.155. The first-order valence-electron chi connectivity index (χ1n) is 4.07. The molecule has 4 heteroatoms. The van der Waals surface area contributed by atoms with Gasteiger partial charge in [-0.25, -0.2) is 0 Å². The van der Waals surface area contributed by atoms with Crippen LogP contribution in [-0.4, -0.2) is 4.98 Å². The first kappa shape index (κ1) is 9.50. The molecule has 2 nitrogen and oxygen atoms in total. The molecule has 0 radical (unpaired) electrons. The van der Waals surface area contributed by atoms with Crippen LogP contribution in [0.2, 0.25) is 0 Å². The number of aromatic amines is 1. The van der Waals surface area contributed by atoms with Gasteiger partial charge in [0.2, 0.25) is 0 Å². The van der Waals surface area contributed by atoms with E-state index in [0.717, 1.165) is 14.9 Å². The Morgan fingerprint density at radius 2 is 2.43 bits per heavy atom. The summed E-state index contributed by atoms with van der Waals surface area (Å²) in [5.41, 5.74) is 1.02. The van der Waals surface area contributed by atoms with Crippen molar-refractivity contribution in [3.8, 4) is 6.07 Å². The highest BCUT2D eigenvalue weighted by atomic mass is 79.9. The lowest BCUT2D eigenvalue weighted by Crippen LogP contribution is -1.92. The van der Waals surface area contributed by atoms with E-state index >= 15 is 0 Å². The van der Waals surface area contributed by atoms with E-state index in [1.807, 2.05) is 29.9 Å². The number of rotatable bonds is 2. The number of hydrogen-bond donors (Lipinski definition) is 1. The topological polar surface area (TPSA) is 39.6 Å². The maximum atomic E-state index is 9.09. The third-order valence-corrected chi connectivity index (χ3v) is 3.72. The summed E-state index contributed by atoms with van der Waals surface area (Å²) >= 11 is 4.98. The van der Waals surface area contributed by atoms with Gasteiger partial charge in [0.1, 0.15) is 5.92 Å². The molecule has 0 fully saturated rings. The molecular weight excluding hydrogens is 260 g/mol. The molecule has 2 heterocycles. The van der Waals surface area contributed by atoms with Crippen LogP contribution in [0.5, 0.6) is 0 Å². The second-order valence-electron chi connectivity index (χ2n) is 2.87. The molecule has 2 aromatic rings. The van der Waals surface area contributed by atoms with Crippen molar-refractivity contribution >= 4 is 27.3 Å². The second kappa shape index (κ2) is 3.99. The van der Waals surface area contributed by atoms with Crippen LogP contribution < -0.4 is 0 Å². The molecule has 0 aliphatic heterocycles. The Morgan fingerprint density at radius 1 is 1.57 bits per heavy atom. The molecular formula is C10H7BrN2S. The zero-order valence-corrected chi connectivity index (χ0v) is 9.60. The molecule has 0 aromatic carbocycles. The van der Waals surface area contributed by atoms with Gasteiger partial charge in [-0.2, -0.15) is 5.26 Å². The predicted octanol–water partition coefficient (Wildman–Crippen LogP) is 3.49. The van der Waals surface area contributed by atoms with Crippen molar-refractivity contribution in [1.82, 2.24) is 4.98 Å². The van der Waals surface area contributed by atoms with Crippen LogP contribution in [0.1, 0.15) is 16.4 Å². The van der Waals surface area contributed by atoms with E-state index in [0.29, 0.717) is 0 Å². The lowest BCUT2D eigenvalue weighted by Gasteiger charge is -2.02. The Bertz CT molecular complexity index is 453. The van der Waals surface area contributed by atoms with E-state index in [4.69, 9.17) is 5.26 Å². The molecule has 2 rings (SSSR count). The van der Waals surface area contributed by atoms with Gasteiger partial charge in [-0.05, 0) is 33.6 Å². The third kappa shape index (κ3) is 1.74. The summed E-state index contributed by atoms with van der Waals surface area (Å²) in [6.45, 7) is 0. The maximum Gasteiger partial charge on any atom is 0.107 e. The van der Waals surface area contributed by atoms with E-state index in [2.05, 4.69) is 27.0 Å². The zero-order chi connectivity index (χ0) is 9.97. The van der Waals surface area contributed by atoms with Gasteiger partial charge >= 0.3 is 0 Å². The number of H-pyrrole nitrogens is 1. The van der Waals surface area contributed by atoms with E-state index in [1.165, 1.54) is 0 Å². The lowest BCUT2D eigenvalue weighted by molar-refractivity contribution is 1.07. The van der Waals surface area contributed by atoms with Gasteiger partial charge in [-0.1, -0.05) is 0 Å². The Balaban J connectivity index is 2.37. The van der Waals surface area contributed by atoms with Crippen LogP contribution in [-0.2, 0) is 0 Å². The van der Waals surface area contributed by atoms with E-state index in [1.54, 1.807) is 11.3 Å². The number of nitrogens with one attached hydrogen (secondary N) is 1. The normalized spacial score (nSPS) is 12.3.